The molecule has 0 radical (unpaired) electrons. The van der Waals surface area contributed by atoms with Crippen molar-refractivity contribution < 1.29 is 19.4 Å². The minimum absolute atomic E-state index is 0.303. The third-order valence-electron chi connectivity index (χ3n) is 2.80. The van der Waals surface area contributed by atoms with Crippen LogP contribution in [-0.4, -0.2) is 71.3 Å². The van der Waals surface area contributed by atoms with Crippen LogP contribution < -0.4 is 5.73 Å². The van der Waals surface area contributed by atoms with Crippen molar-refractivity contribution in [2.24, 2.45) is 5.73 Å². The summed E-state index contributed by atoms with van der Waals surface area (Å²) in [5.41, 5.74) is 4.98. The maximum Gasteiger partial charge on any atom is 0.410 e. The third kappa shape index (κ3) is 5.44. The second-order valence-electron chi connectivity index (χ2n) is 5.71. The van der Waals surface area contributed by atoms with Crippen molar-refractivity contribution in [3.63, 3.8) is 0 Å². The highest BCUT2D eigenvalue weighted by Gasteiger charge is 2.27. The van der Waals surface area contributed by atoms with E-state index in [0.717, 1.165) is 0 Å². The van der Waals surface area contributed by atoms with Crippen LogP contribution in [0.2, 0.25) is 0 Å². The molecule has 3 N–H and O–H groups in total. The number of ether oxygens (including phenoxy) is 1. The van der Waals surface area contributed by atoms with Crippen molar-refractivity contribution in [1.82, 2.24) is 9.80 Å². The minimum Gasteiger partial charge on any atom is -0.480 e. The average molecular weight is 273 g/mol. The number of hydrogen-bond donors (Lipinski definition) is 2. The van der Waals surface area contributed by atoms with E-state index in [9.17, 15) is 9.59 Å². The van der Waals surface area contributed by atoms with Gasteiger partial charge in [0.1, 0.15) is 11.6 Å². The molecule has 1 aliphatic rings. The molecular formula is C12H23N3O4. The van der Waals surface area contributed by atoms with E-state index in [0.29, 0.717) is 32.7 Å². The predicted octanol–water partition coefficient (Wildman–Crippen LogP) is -0.0490. The Bertz CT molecular complexity index is 332. The zero-order valence-corrected chi connectivity index (χ0v) is 11.8. The van der Waals surface area contributed by atoms with Gasteiger partial charge in [-0.25, -0.2) is 4.79 Å². The molecule has 7 nitrogen and oxygen atoms in total. The first-order chi connectivity index (χ1) is 8.69. The average Bonchev–Trinajstić information content (AvgIpc) is 2.27. The summed E-state index contributed by atoms with van der Waals surface area (Å²) in [7, 11) is 0. The Labute approximate surface area is 113 Å². The van der Waals surface area contributed by atoms with Gasteiger partial charge >= 0.3 is 12.1 Å². The lowest BCUT2D eigenvalue weighted by Gasteiger charge is -2.36. The summed E-state index contributed by atoms with van der Waals surface area (Å²) >= 11 is 0. The number of carboxylic acids is 1. The molecule has 0 aromatic carbocycles. The molecule has 0 spiro atoms. The van der Waals surface area contributed by atoms with Crippen LogP contribution in [0, 0.1) is 0 Å². The second-order valence-corrected chi connectivity index (χ2v) is 5.71. The molecule has 1 atom stereocenters. The summed E-state index contributed by atoms with van der Waals surface area (Å²) in [6, 6.07) is -0.881. The molecule has 0 bridgehead atoms. The normalized spacial score (nSPS) is 19.1. The fraction of sp³-hybridized carbons (Fsp3) is 0.833. The number of piperazine rings is 1. The largest absolute Gasteiger partial charge is 0.480 e. The van der Waals surface area contributed by atoms with Gasteiger partial charge in [0.15, 0.2) is 0 Å². The molecule has 0 unspecified atom stereocenters. The third-order valence-corrected chi connectivity index (χ3v) is 2.80. The van der Waals surface area contributed by atoms with Gasteiger partial charge in [0.25, 0.3) is 0 Å². The molecule has 1 saturated heterocycles. The van der Waals surface area contributed by atoms with Crippen molar-refractivity contribution in [2.45, 2.75) is 32.4 Å². The number of carboxylic acid groups (broad SMARTS) is 1. The summed E-state index contributed by atoms with van der Waals surface area (Å²) in [5.74, 6) is -1.01. The van der Waals surface area contributed by atoms with Crippen LogP contribution in [0.25, 0.3) is 0 Å². The number of amides is 1. The van der Waals surface area contributed by atoms with Gasteiger partial charge in [-0.2, -0.15) is 0 Å². The highest BCUT2D eigenvalue weighted by atomic mass is 16.6. The van der Waals surface area contributed by atoms with Crippen molar-refractivity contribution in [2.75, 3.05) is 32.7 Å². The van der Waals surface area contributed by atoms with Crippen molar-refractivity contribution >= 4 is 12.1 Å². The lowest BCUT2D eigenvalue weighted by Crippen LogP contribution is -2.53. The van der Waals surface area contributed by atoms with Crippen LogP contribution in [0.4, 0.5) is 4.79 Å². The lowest BCUT2D eigenvalue weighted by atomic mass is 10.2. The Morgan fingerprint density at radius 2 is 1.79 bits per heavy atom. The van der Waals surface area contributed by atoms with E-state index >= 15 is 0 Å². The molecule has 1 rings (SSSR count). The molecule has 1 fully saturated rings. The number of rotatable bonds is 3. The first-order valence-electron chi connectivity index (χ1n) is 6.38. The van der Waals surface area contributed by atoms with Gasteiger partial charge in [-0.3, -0.25) is 9.69 Å². The monoisotopic (exact) mass is 273 g/mol. The first kappa shape index (κ1) is 15.7. The summed E-state index contributed by atoms with van der Waals surface area (Å²) in [5, 5.41) is 8.74. The molecule has 0 saturated carbocycles. The second kappa shape index (κ2) is 6.21. The van der Waals surface area contributed by atoms with Crippen LogP contribution in [0.3, 0.4) is 0 Å². The Kier molecular flexibility index (Phi) is 5.13. The van der Waals surface area contributed by atoms with Crippen LogP contribution in [0.5, 0.6) is 0 Å². The number of aliphatic carboxylic acids is 1. The predicted molar refractivity (Wildman–Crippen MR) is 69.9 cm³/mol. The number of carbonyl (C=O) groups is 2. The molecular weight excluding hydrogens is 250 g/mol. The molecule has 0 aromatic heterocycles. The molecule has 1 amide bonds. The smallest absolute Gasteiger partial charge is 0.410 e. The Morgan fingerprint density at radius 3 is 2.21 bits per heavy atom. The quantitative estimate of drug-likeness (QED) is 0.748. The SMILES string of the molecule is CC(C)(C)OC(=O)N1CCN(C[C@H](N)C(=O)O)CC1. The van der Waals surface area contributed by atoms with E-state index in [2.05, 4.69) is 0 Å². The minimum atomic E-state index is -1.01. The van der Waals surface area contributed by atoms with Crippen molar-refractivity contribution in [3.05, 3.63) is 0 Å². The zero-order valence-electron chi connectivity index (χ0n) is 11.8. The Hall–Kier alpha value is -1.34. The Balaban J connectivity index is 2.36. The zero-order chi connectivity index (χ0) is 14.6. The van der Waals surface area contributed by atoms with Gasteiger partial charge in [0.05, 0.1) is 0 Å². The maximum atomic E-state index is 11.8. The maximum absolute atomic E-state index is 11.8. The van der Waals surface area contributed by atoms with E-state index in [-0.39, 0.29) is 6.09 Å². The van der Waals surface area contributed by atoms with Gasteiger partial charge in [-0.1, -0.05) is 0 Å². The van der Waals surface area contributed by atoms with E-state index in [1.807, 2.05) is 25.7 Å². The topological polar surface area (TPSA) is 96.1 Å². The van der Waals surface area contributed by atoms with E-state index < -0.39 is 17.6 Å². The van der Waals surface area contributed by atoms with Crippen molar-refractivity contribution in [3.8, 4) is 0 Å². The van der Waals surface area contributed by atoms with Gasteiger partial charge in [-0.15, -0.1) is 0 Å². The number of hydrogen-bond acceptors (Lipinski definition) is 5. The van der Waals surface area contributed by atoms with Gasteiger partial charge in [0, 0.05) is 32.7 Å². The summed E-state index contributed by atoms with van der Waals surface area (Å²) in [6.07, 6.45) is -0.324. The van der Waals surface area contributed by atoms with Gasteiger partial charge in [-0.05, 0) is 20.8 Å². The highest BCUT2D eigenvalue weighted by Crippen LogP contribution is 2.11. The number of carbonyl (C=O) groups excluding carboxylic acids is 1. The molecule has 7 heteroatoms. The van der Waals surface area contributed by atoms with E-state index in [1.165, 1.54) is 0 Å². The van der Waals surface area contributed by atoms with Crippen LogP contribution in [-0.2, 0) is 9.53 Å². The summed E-state index contributed by atoms with van der Waals surface area (Å²) in [4.78, 5) is 26.1. The fourth-order valence-corrected chi connectivity index (χ4v) is 1.80. The number of nitrogens with two attached hydrogens (primary N) is 1. The number of nitrogens with zero attached hydrogens (tertiary/aromatic N) is 2. The van der Waals surface area contributed by atoms with Crippen LogP contribution in [0.1, 0.15) is 20.8 Å². The standard InChI is InChI=1S/C12H23N3O4/c1-12(2,3)19-11(18)15-6-4-14(5-7-15)8-9(13)10(16)17/h9H,4-8,13H2,1-3H3,(H,16,17)/t9-/m0/s1. The van der Waals surface area contributed by atoms with Gasteiger partial charge in [0.2, 0.25) is 0 Å². The molecule has 19 heavy (non-hydrogen) atoms. The van der Waals surface area contributed by atoms with Crippen molar-refractivity contribution in [1.29, 1.82) is 0 Å². The first-order valence-corrected chi connectivity index (χ1v) is 6.38. The summed E-state index contributed by atoms with van der Waals surface area (Å²) < 4.78 is 5.28. The molecule has 0 aliphatic carbocycles. The molecule has 0 aromatic rings. The van der Waals surface area contributed by atoms with E-state index in [4.69, 9.17) is 15.6 Å². The molecule has 110 valence electrons. The summed E-state index contributed by atoms with van der Waals surface area (Å²) in [6.45, 7) is 8.06. The Morgan fingerprint density at radius 1 is 1.26 bits per heavy atom. The molecule has 1 aliphatic heterocycles. The lowest BCUT2D eigenvalue weighted by molar-refractivity contribution is -0.139. The van der Waals surface area contributed by atoms with Crippen LogP contribution >= 0.6 is 0 Å². The molecule has 1 heterocycles. The fourth-order valence-electron chi connectivity index (χ4n) is 1.80. The van der Waals surface area contributed by atoms with Crippen LogP contribution in [0.15, 0.2) is 0 Å². The van der Waals surface area contributed by atoms with E-state index in [1.54, 1.807) is 4.90 Å². The highest BCUT2D eigenvalue weighted by molar-refractivity contribution is 5.73. The van der Waals surface area contributed by atoms with Gasteiger partial charge < -0.3 is 20.5 Å².